The van der Waals surface area contributed by atoms with Gasteiger partial charge in [-0.1, -0.05) is 50.2 Å². The molecule has 2 aliphatic rings. The third kappa shape index (κ3) is 6.77. The van der Waals surface area contributed by atoms with E-state index in [0.29, 0.717) is 19.3 Å². The number of amides is 3. The molecule has 7 nitrogen and oxygen atoms in total. The van der Waals surface area contributed by atoms with Crippen LogP contribution in [0.5, 0.6) is 5.75 Å². The van der Waals surface area contributed by atoms with Crippen LogP contribution in [0.2, 0.25) is 0 Å². The Labute approximate surface area is 232 Å². The van der Waals surface area contributed by atoms with Gasteiger partial charge in [0, 0.05) is 5.54 Å². The highest BCUT2D eigenvalue weighted by Crippen LogP contribution is 2.36. The van der Waals surface area contributed by atoms with Crippen molar-refractivity contribution in [2.24, 2.45) is 11.8 Å². The zero-order valence-electron chi connectivity index (χ0n) is 23.3. The van der Waals surface area contributed by atoms with E-state index in [4.69, 9.17) is 0 Å². The molecule has 1 aliphatic carbocycles. The summed E-state index contributed by atoms with van der Waals surface area (Å²) >= 11 is 0. The lowest BCUT2D eigenvalue weighted by Gasteiger charge is -2.45. The number of fused-ring (bicyclic) bond motifs is 1. The predicted molar refractivity (Wildman–Crippen MR) is 143 cm³/mol. The molecule has 40 heavy (non-hydrogen) atoms. The highest BCUT2D eigenvalue weighted by Gasteiger charge is 2.49. The van der Waals surface area contributed by atoms with Crippen molar-refractivity contribution in [3.63, 3.8) is 0 Å². The van der Waals surface area contributed by atoms with E-state index in [0.717, 1.165) is 23.3 Å². The van der Waals surface area contributed by atoms with Crippen LogP contribution in [-0.4, -0.2) is 46.6 Å². The summed E-state index contributed by atoms with van der Waals surface area (Å²) in [7, 11) is 0. The molecule has 3 atom stereocenters. The number of halogens is 3. The average Bonchev–Trinajstić information content (AvgIpc) is 3.26. The monoisotopic (exact) mass is 559 g/mol. The molecule has 4 rings (SSSR count). The van der Waals surface area contributed by atoms with Gasteiger partial charge in [-0.05, 0) is 80.7 Å². The summed E-state index contributed by atoms with van der Waals surface area (Å²) < 4.78 is 42.3. The van der Waals surface area contributed by atoms with Crippen molar-refractivity contribution < 1.29 is 32.3 Å². The minimum absolute atomic E-state index is 0.0206. The molecule has 0 spiro atoms. The van der Waals surface area contributed by atoms with Gasteiger partial charge in [0.2, 0.25) is 17.7 Å². The topological polar surface area (TPSA) is 87.7 Å². The SMILES string of the molecule is CC(C)C[C@@H]1C(=O)N[C@H](C2Cc3ccccc3C2)C(=O)N1[C@@H](C(=O)NC(C)(C)C)c1ccc(OC(F)(F)F)cc1. The number of nitrogens with zero attached hydrogens (tertiary/aromatic N) is 1. The number of nitrogens with one attached hydrogen (secondary N) is 2. The third-order valence-electron chi connectivity index (χ3n) is 7.16. The first kappa shape index (κ1) is 29.4. The third-order valence-corrected chi connectivity index (χ3v) is 7.16. The van der Waals surface area contributed by atoms with Crippen LogP contribution in [0.3, 0.4) is 0 Å². The molecule has 1 saturated heterocycles. The lowest BCUT2D eigenvalue weighted by atomic mass is 9.87. The Bertz CT molecular complexity index is 1230. The molecule has 3 amide bonds. The molecule has 0 saturated carbocycles. The van der Waals surface area contributed by atoms with Gasteiger partial charge in [-0.25, -0.2) is 0 Å². The number of hydrogen-bond acceptors (Lipinski definition) is 4. The Kier molecular flexibility index (Phi) is 8.19. The molecule has 1 heterocycles. The Morgan fingerprint density at radius 3 is 2.10 bits per heavy atom. The Hall–Kier alpha value is -3.56. The molecule has 1 aliphatic heterocycles. The molecule has 1 fully saturated rings. The van der Waals surface area contributed by atoms with Crippen molar-refractivity contribution in [3.05, 3.63) is 65.2 Å². The van der Waals surface area contributed by atoms with E-state index < -0.39 is 41.7 Å². The van der Waals surface area contributed by atoms with Crippen molar-refractivity contribution in [2.75, 3.05) is 0 Å². The number of benzene rings is 2. The largest absolute Gasteiger partial charge is 0.573 e. The number of carbonyl (C=O) groups excluding carboxylic acids is 3. The molecule has 10 heteroatoms. The van der Waals surface area contributed by atoms with Gasteiger partial charge in [-0.2, -0.15) is 0 Å². The summed E-state index contributed by atoms with van der Waals surface area (Å²) in [6.07, 6.45) is -3.35. The second-order valence-corrected chi connectivity index (χ2v) is 12.1. The van der Waals surface area contributed by atoms with Gasteiger partial charge in [0.25, 0.3) is 0 Å². The standard InChI is InChI=1S/C30H36F3N3O4/c1-17(2)14-23-26(37)34-24(21-15-19-8-6-7-9-20(19)16-21)28(39)36(23)25(27(38)35-29(3,4)5)18-10-12-22(13-11-18)40-30(31,32)33/h6-13,17,21,23-25H,14-16H2,1-5H3,(H,34,37)(H,35,38)/t23-,24-,25-/m1/s1. The predicted octanol–water partition coefficient (Wildman–Crippen LogP) is 4.70. The molecule has 0 radical (unpaired) electrons. The first-order valence-electron chi connectivity index (χ1n) is 13.5. The molecule has 2 N–H and O–H groups in total. The van der Waals surface area contributed by atoms with Crippen LogP contribution in [0.15, 0.2) is 48.5 Å². The number of ether oxygens (including phenoxy) is 1. The molecular formula is C30H36F3N3O4. The second kappa shape index (κ2) is 11.1. The number of piperazine rings is 1. The van der Waals surface area contributed by atoms with Crippen LogP contribution < -0.4 is 15.4 Å². The van der Waals surface area contributed by atoms with E-state index in [2.05, 4.69) is 15.4 Å². The molecule has 0 aromatic heterocycles. The van der Waals surface area contributed by atoms with Gasteiger partial charge < -0.3 is 20.3 Å². The van der Waals surface area contributed by atoms with Gasteiger partial charge in [0.15, 0.2) is 0 Å². The van der Waals surface area contributed by atoms with E-state index >= 15 is 0 Å². The van der Waals surface area contributed by atoms with E-state index in [9.17, 15) is 27.6 Å². The van der Waals surface area contributed by atoms with Crippen molar-refractivity contribution in [2.45, 2.75) is 83.9 Å². The maximum Gasteiger partial charge on any atom is 0.573 e. The molecule has 2 aromatic carbocycles. The normalized spacial score (nSPS) is 20.8. The first-order chi connectivity index (χ1) is 18.6. The van der Waals surface area contributed by atoms with E-state index in [-0.39, 0.29) is 29.2 Å². The van der Waals surface area contributed by atoms with Crippen molar-refractivity contribution in [1.82, 2.24) is 15.5 Å². The van der Waals surface area contributed by atoms with Gasteiger partial charge in [-0.3, -0.25) is 14.4 Å². The van der Waals surface area contributed by atoms with E-state index in [1.807, 2.05) is 38.1 Å². The lowest BCUT2D eigenvalue weighted by Crippen LogP contribution is -2.67. The second-order valence-electron chi connectivity index (χ2n) is 12.1. The molecule has 2 aromatic rings. The number of rotatable bonds is 7. The first-order valence-corrected chi connectivity index (χ1v) is 13.5. The van der Waals surface area contributed by atoms with Crippen molar-refractivity contribution in [3.8, 4) is 5.75 Å². The minimum atomic E-state index is -4.88. The lowest BCUT2D eigenvalue weighted by molar-refractivity contribution is -0.274. The fourth-order valence-electron chi connectivity index (χ4n) is 5.60. The molecule has 0 bridgehead atoms. The fourth-order valence-corrected chi connectivity index (χ4v) is 5.60. The van der Waals surface area contributed by atoms with Gasteiger partial charge >= 0.3 is 6.36 Å². The van der Waals surface area contributed by atoms with E-state index in [1.165, 1.54) is 17.0 Å². The van der Waals surface area contributed by atoms with Crippen molar-refractivity contribution >= 4 is 17.7 Å². The average molecular weight is 560 g/mol. The van der Waals surface area contributed by atoms with Gasteiger partial charge in [0.05, 0.1) is 0 Å². The van der Waals surface area contributed by atoms with Gasteiger partial charge in [-0.15, -0.1) is 13.2 Å². The van der Waals surface area contributed by atoms with Gasteiger partial charge in [0.1, 0.15) is 23.9 Å². The van der Waals surface area contributed by atoms with Crippen LogP contribution in [0, 0.1) is 11.8 Å². The molecule has 216 valence electrons. The van der Waals surface area contributed by atoms with Crippen LogP contribution in [0.1, 0.15) is 63.8 Å². The summed E-state index contributed by atoms with van der Waals surface area (Å²) in [6.45, 7) is 9.21. The summed E-state index contributed by atoms with van der Waals surface area (Å²) in [5.41, 5.74) is 1.84. The Balaban J connectivity index is 1.75. The van der Waals surface area contributed by atoms with Crippen molar-refractivity contribution in [1.29, 1.82) is 0 Å². The number of alkyl halides is 3. The summed E-state index contributed by atoms with van der Waals surface area (Å²) in [5, 5.41) is 5.85. The van der Waals surface area contributed by atoms with Crippen LogP contribution in [0.4, 0.5) is 13.2 Å². The Morgan fingerprint density at radius 2 is 1.60 bits per heavy atom. The zero-order chi connectivity index (χ0) is 29.4. The highest BCUT2D eigenvalue weighted by atomic mass is 19.4. The zero-order valence-corrected chi connectivity index (χ0v) is 23.3. The highest BCUT2D eigenvalue weighted by molar-refractivity contribution is 6.00. The van der Waals surface area contributed by atoms with Crippen LogP contribution >= 0.6 is 0 Å². The maximum atomic E-state index is 14.3. The Morgan fingerprint density at radius 1 is 1.02 bits per heavy atom. The van der Waals surface area contributed by atoms with E-state index in [1.54, 1.807) is 20.8 Å². The summed E-state index contributed by atoms with van der Waals surface area (Å²) in [6, 6.07) is 9.75. The summed E-state index contributed by atoms with van der Waals surface area (Å²) in [5.74, 6) is -1.87. The number of carbonyl (C=O) groups is 3. The minimum Gasteiger partial charge on any atom is -0.406 e. The van der Waals surface area contributed by atoms with Crippen LogP contribution in [0.25, 0.3) is 0 Å². The smallest absolute Gasteiger partial charge is 0.406 e. The quantitative estimate of drug-likeness (QED) is 0.515. The number of hydrogen-bond donors (Lipinski definition) is 2. The molecular weight excluding hydrogens is 523 g/mol. The maximum absolute atomic E-state index is 14.3. The summed E-state index contributed by atoms with van der Waals surface area (Å²) in [4.78, 5) is 43.1. The van der Waals surface area contributed by atoms with Crippen LogP contribution in [-0.2, 0) is 27.2 Å². The fraction of sp³-hybridized carbons (Fsp3) is 0.500. The molecule has 0 unspecified atom stereocenters.